The SMILES string of the molecule is CCCCCCCCCCCCCCC[C@H](NC(=O)OCc1ccccc1)C(=O)NCCC=O. The van der Waals surface area contributed by atoms with Crippen molar-refractivity contribution in [2.45, 2.75) is 116 Å². The van der Waals surface area contributed by atoms with Gasteiger partial charge in [0.1, 0.15) is 18.9 Å². The molecular weight excluding hydrogens is 428 g/mol. The molecule has 1 aromatic rings. The third-order valence-corrected chi connectivity index (χ3v) is 5.98. The Kier molecular flexibility index (Phi) is 18.5. The predicted molar refractivity (Wildman–Crippen MR) is 138 cm³/mol. The van der Waals surface area contributed by atoms with Crippen molar-refractivity contribution in [2.24, 2.45) is 0 Å². The van der Waals surface area contributed by atoms with Crippen molar-refractivity contribution in [2.75, 3.05) is 6.54 Å². The highest BCUT2D eigenvalue weighted by Gasteiger charge is 2.20. The fourth-order valence-electron chi connectivity index (χ4n) is 3.92. The molecule has 2 amide bonds. The van der Waals surface area contributed by atoms with Crippen molar-refractivity contribution in [1.82, 2.24) is 10.6 Å². The molecule has 0 heterocycles. The molecule has 1 atom stereocenters. The minimum atomic E-state index is -0.650. The van der Waals surface area contributed by atoms with Gasteiger partial charge in [-0.3, -0.25) is 4.79 Å². The summed E-state index contributed by atoms with van der Waals surface area (Å²) in [5, 5.41) is 5.41. The lowest BCUT2D eigenvalue weighted by atomic mass is 10.0. The van der Waals surface area contributed by atoms with Crippen LogP contribution in [0.4, 0.5) is 4.79 Å². The molecule has 2 N–H and O–H groups in total. The lowest BCUT2D eigenvalue weighted by Crippen LogP contribution is -2.47. The topological polar surface area (TPSA) is 84.5 Å². The summed E-state index contributed by atoms with van der Waals surface area (Å²) in [7, 11) is 0. The Morgan fingerprint density at radius 1 is 0.853 bits per heavy atom. The van der Waals surface area contributed by atoms with Crippen LogP contribution in [-0.2, 0) is 20.9 Å². The number of ether oxygens (including phenoxy) is 1. The van der Waals surface area contributed by atoms with E-state index in [1.54, 1.807) is 0 Å². The second-order valence-electron chi connectivity index (χ2n) is 9.04. The molecule has 34 heavy (non-hydrogen) atoms. The quantitative estimate of drug-likeness (QED) is 0.158. The molecule has 0 saturated heterocycles. The summed E-state index contributed by atoms with van der Waals surface area (Å²) in [6.45, 7) is 2.69. The Bertz CT molecular complexity index is 651. The maximum atomic E-state index is 12.5. The number of carbonyl (C=O) groups excluding carboxylic acids is 3. The van der Waals surface area contributed by atoms with E-state index in [0.717, 1.165) is 31.1 Å². The van der Waals surface area contributed by atoms with E-state index in [1.165, 1.54) is 64.2 Å². The molecule has 0 bridgehead atoms. The van der Waals surface area contributed by atoms with E-state index >= 15 is 0 Å². The van der Waals surface area contributed by atoms with Crippen LogP contribution in [0.1, 0.15) is 109 Å². The van der Waals surface area contributed by atoms with Gasteiger partial charge in [0.05, 0.1) is 0 Å². The average Bonchev–Trinajstić information content (AvgIpc) is 2.85. The van der Waals surface area contributed by atoms with Crippen LogP contribution in [0.5, 0.6) is 0 Å². The largest absolute Gasteiger partial charge is 0.445 e. The van der Waals surface area contributed by atoms with Gasteiger partial charge in [0.2, 0.25) is 5.91 Å². The third kappa shape index (κ3) is 16.3. The van der Waals surface area contributed by atoms with E-state index in [0.29, 0.717) is 6.42 Å². The monoisotopic (exact) mass is 474 g/mol. The second kappa shape index (κ2) is 21.2. The predicted octanol–water partition coefficient (Wildman–Crippen LogP) is 6.47. The number of unbranched alkanes of at least 4 members (excludes halogenated alkanes) is 12. The molecular formula is C28H46N2O4. The van der Waals surface area contributed by atoms with Crippen LogP contribution in [0.3, 0.4) is 0 Å². The molecule has 0 radical (unpaired) electrons. The highest BCUT2D eigenvalue weighted by Crippen LogP contribution is 2.13. The number of alkyl carbamates (subject to hydrolysis) is 1. The highest BCUT2D eigenvalue weighted by molar-refractivity contribution is 5.85. The van der Waals surface area contributed by atoms with Gasteiger partial charge in [0.25, 0.3) is 0 Å². The number of carbonyl (C=O) groups is 3. The molecule has 1 rings (SSSR count). The number of nitrogens with one attached hydrogen (secondary N) is 2. The number of hydrogen-bond donors (Lipinski definition) is 2. The Balaban J connectivity index is 2.22. The Morgan fingerprint density at radius 3 is 1.97 bits per heavy atom. The van der Waals surface area contributed by atoms with Crippen LogP contribution in [0.15, 0.2) is 30.3 Å². The molecule has 0 saturated carbocycles. The minimum Gasteiger partial charge on any atom is -0.445 e. The zero-order valence-corrected chi connectivity index (χ0v) is 21.2. The van der Waals surface area contributed by atoms with E-state index < -0.39 is 12.1 Å². The van der Waals surface area contributed by atoms with E-state index in [2.05, 4.69) is 17.6 Å². The summed E-state index contributed by atoms with van der Waals surface area (Å²) >= 11 is 0. The van der Waals surface area contributed by atoms with Crippen molar-refractivity contribution in [3.05, 3.63) is 35.9 Å². The summed E-state index contributed by atoms with van der Waals surface area (Å²) in [5.74, 6) is -0.266. The van der Waals surface area contributed by atoms with Gasteiger partial charge in [-0.15, -0.1) is 0 Å². The first-order valence-corrected chi connectivity index (χ1v) is 13.4. The van der Waals surface area contributed by atoms with Crippen molar-refractivity contribution in [1.29, 1.82) is 0 Å². The summed E-state index contributed by atoms with van der Waals surface area (Å²) in [6.07, 6.45) is 17.3. The van der Waals surface area contributed by atoms with Gasteiger partial charge in [-0.05, 0) is 12.0 Å². The zero-order valence-electron chi connectivity index (χ0n) is 21.2. The molecule has 1 aromatic carbocycles. The second-order valence-corrected chi connectivity index (χ2v) is 9.04. The highest BCUT2D eigenvalue weighted by atomic mass is 16.5. The van der Waals surface area contributed by atoms with Gasteiger partial charge in [-0.1, -0.05) is 121 Å². The van der Waals surface area contributed by atoms with Gasteiger partial charge in [-0.2, -0.15) is 0 Å². The first-order chi connectivity index (χ1) is 16.7. The average molecular weight is 475 g/mol. The summed E-state index contributed by atoms with van der Waals surface area (Å²) < 4.78 is 5.27. The molecule has 0 unspecified atom stereocenters. The van der Waals surface area contributed by atoms with Crippen molar-refractivity contribution in [3.8, 4) is 0 Å². The van der Waals surface area contributed by atoms with E-state index in [-0.39, 0.29) is 25.5 Å². The molecule has 6 heteroatoms. The van der Waals surface area contributed by atoms with Crippen molar-refractivity contribution >= 4 is 18.3 Å². The number of rotatable bonds is 21. The van der Waals surface area contributed by atoms with E-state index in [9.17, 15) is 14.4 Å². The number of benzene rings is 1. The van der Waals surface area contributed by atoms with Crippen LogP contribution >= 0.6 is 0 Å². The number of amides is 2. The van der Waals surface area contributed by atoms with E-state index in [4.69, 9.17) is 4.74 Å². The molecule has 0 aromatic heterocycles. The molecule has 6 nitrogen and oxygen atoms in total. The maximum Gasteiger partial charge on any atom is 0.408 e. The molecule has 0 fully saturated rings. The van der Waals surface area contributed by atoms with Crippen LogP contribution in [0.25, 0.3) is 0 Å². The van der Waals surface area contributed by atoms with Crippen LogP contribution < -0.4 is 10.6 Å². The zero-order chi connectivity index (χ0) is 24.7. The van der Waals surface area contributed by atoms with Gasteiger partial charge in [0.15, 0.2) is 0 Å². The van der Waals surface area contributed by atoms with Crippen molar-refractivity contribution < 1.29 is 19.1 Å². The Labute approximate surface area is 206 Å². The maximum absolute atomic E-state index is 12.5. The molecule has 192 valence electrons. The van der Waals surface area contributed by atoms with Crippen LogP contribution in [0, 0.1) is 0 Å². The van der Waals surface area contributed by atoms with Gasteiger partial charge in [-0.25, -0.2) is 4.79 Å². The number of hydrogen-bond acceptors (Lipinski definition) is 4. The van der Waals surface area contributed by atoms with E-state index in [1.807, 2.05) is 30.3 Å². The fraction of sp³-hybridized carbons (Fsp3) is 0.679. The molecule has 0 aliphatic carbocycles. The lowest BCUT2D eigenvalue weighted by molar-refractivity contribution is -0.123. The number of aldehydes is 1. The molecule has 0 aliphatic heterocycles. The minimum absolute atomic E-state index is 0.158. The van der Waals surface area contributed by atoms with Crippen molar-refractivity contribution in [3.63, 3.8) is 0 Å². The lowest BCUT2D eigenvalue weighted by Gasteiger charge is -2.18. The summed E-state index contributed by atoms with van der Waals surface area (Å²) in [6, 6.07) is 8.78. The Hall–Kier alpha value is -2.37. The smallest absolute Gasteiger partial charge is 0.408 e. The van der Waals surface area contributed by atoms with Gasteiger partial charge in [0, 0.05) is 13.0 Å². The summed E-state index contributed by atoms with van der Waals surface area (Å²) in [4.78, 5) is 35.2. The fourth-order valence-corrected chi connectivity index (χ4v) is 3.92. The van der Waals surface area contributed by atoms with Gasteiger partial charge < -0.3 is 20.2 Å². The summed E-state index contributed by atoms with van der Waals surface area (Å²) in [5.41, 5.74) is 0.890. The molecule has 0 aliphatic rings. The van der Waals surface area contributed by atoms with Crippen LogP contribution in [0.2, 0.25) is 0 Å². The standard InChI is InChI=1S/C28H46N2O4/c1-2-3-4-5-6-7-8-9-10-11-12-13-17-21-26(27(32)29-22-18-23-31)30-28(33)34-24-25-19-15-14-16-20-25/h14-16,19-20,23,26H,2-13,17-18,21-22,24H2,1H3,(H,29,32)(H,30,33)/t26-/m0/s1. The first kappa shape index (κ1) is 29.7. The van der Waals surface area contributed by atoms with Crippen LogP contribution in [-0.4, -0.2) is 30.9 Å². The molecule has 0 spiro atoms. The Morgan fingerprint density at radius 2 is 1.41 bits per heavy atom. The first-order valence-electron chi connectivity index (χ1n) is 13.4. The normalized spacial score (nSPS) is 11.6. The van der Waals surface area contributed by atoms with Gasteiger partial charge >= 0.3 is 6.09 Å². The third-order valence-electron chi connectivity index (χ3n) is 5.98.